The van der Waals surface area contributed by atoms with Crippen LogP contribution in [-0.2, 0) is 16.2 Å². The van der Waals surface area contributed by atoms with Gasteiger partial charge in [0.25, 0.3) is 0 Å². The average Bonchev–Trinajstić information content (AvgIpc) is 3.40. The number of aldehydes is 1. The lowest BCUT2D eigenvalue weighted by Gasteiger charge is -2.44. The van der Waals surface area contributed by atoms with Gasteiger partial charge in [0, 0.05) is 11.0 Å². The van der Waals surface area contributed by atoms with Gasteiger partial charge in [-0.3, -0.25) is 4.79 Å². The molecule has 130 valence electrons. The summed E-state index contributed by atoms with van der Waals surface area (Å²) >= 11 is 0. The number of carbonyl (C=O) groups is 1. The van der Waals surface area contributed by atoms with Crippen molar-refractivity contribution in [3.63, 3.8) is 0 Å². The van der Waals surface area contributed by atoms with Crippen molar-refractivity contribution >= 4 is 6.29 Å². The van der Waals surface area contributed by atoms with Gasteiger partial charge < -0.3 is 0 Å². The van der Waals surface area contributed by atoms with Gasteiger partial charge in [-0.1, -0.05) is 70.2 Å². The molecule has 0 atom stereocenters. The van der Waals surface area contributed by atoms with E-state index < -0.39 is 0 Å². The molecule has 0 aromatic heterocycles. The van der Waals surface area contributed by atoms with Crippen LogP contribution in [0.3, 0.4) is 0 Å². The highest BCUT2D eigenvalue weighted by atomic mass is 16.1. The molecule has 2 aromatic rings. The second kappa shape index (κ2) is 5.30. The summed E-state index contributed by atoms with van der Waals surface area (Å²) in [5, 5.41) is 0. The van der Waals surface area contributed by atoms with Gasteiger partial charge in [-0.05, 0) is 58.8 Å². The van der Waals surface area contributed by atoms with Gasteiger partial charge in [0.1, 0.15) is 6.29 Å². The largest absolute Gasteiger partial charge is 0.298 e. The molecule has 0 spiro atoms. The van der Waals surface area contributed by atoms with E-state index >= 15 is 0 Å². The Kier molecular flexibility index (Phi) is 3.51. The molecule has 0 amide bonds. The van der Waals surface area contributed by atoms with Crippen LogP contribution in [-0.4, -0.2) is 6.29 Å². The smallest absolute Gasteiger partial charge is 0.150 e. The molecular weight excluding hydrogens is 304 g/mol. The summed E-state index contributed by atoms with van der Waals surface area (Å²) in [6.07, 6.45) is 5.76. The molecule has 1 heteroatoms. The third-order valence-electron chi connectivity index (χ3n) is 6.71. The lowest BCUT2D eigenvalue weighted by molar-refractivity contribution is 0.112. The van der Waals surface area contributed by atoms with Gasteiger partial charge in [0.2, 0.25) is 0 Å². The van der Waals surface area contributed by atoms with Crippen LogP contribution in [0, 0.1) is 0 Å². The number of hydrogen-bond acceptors (Lipinski definition) is 1. The summed E-state index contributed by atoms with van der Waals surface area (Å²) in [4.78, 5) is 11.7. The van der Waals surface area contributed by atoms with Crippen LogP contribution in [0.4, 0.5) is 0 Å². The van der Waals surface area contributed by atoms with Crippen molar-refractivity contribution in [1.29, 1.82) is 0 Å². The first-order chi connectivity index (χ1) is 11.8. The van der Waals surface area contributed by atoms with Crippen molar-refractivity contribution < 1.29 is 4.79 Å². The molecular formula is C24H28O. The van der Waals surface area contributed by atoms with Gasteiger partial charge in [-0.25, -0.2) is 0 Å². The molecule has 0 heterocycles. The predicted molar refractivity (Wildman–Crippen MR) is 104 cm³/mol. The molecule has 0 bridgehead atoms. The van der Waals surface area contributed by atoms with Crippen LogP contribution in [0.1, 0.15) is 86.0 Å². The summed E-state index contributed by atoms with van der Waals surface area (Å²) in [5.41, 5.74) is 7.04. The molecule has 0 saturated heterocycles. The van der Waals surface area contributed by atoms with Crippen molar-refractivity contribution in [2.45, 2.75) is 69.6 Å². The maximum atomic E-state index is 11.7. The van der Waals surface area contributed by atoms with Crippen LogP contribution in [0.25, 0.3) is 0 Å². The van der Waals surface area contributed by atoms with Gasteiger partial charge >= 0.3 is 0 Å². The van der Waals surface area contributed by atoms with E-state index in [1.807, 2.05) is 12.1 Å². The molecule has 0 N–H and O–H groups in total. The molecule has 1 nitrogen and oxygen atoms in total. The molecule has 1 fully saturated rings. The second-order valence-corrected chi connectivity index (χ2v) is 9.28. The molecule has 2 aliphatic carbocycles. The van der Waals surface area contributed by atoms with E-state index in [0.29, 0.717) is 0 Å². The van der Waals surface area contributed by atoms with E-state index in [2.05, 4.69) is 58.0 Å². The fraction of sp³-hybridized carbons (Fsp3) is 0.458. The molecule has 0 unspecified atom stereocenters. The Morgan fingerprint density at radius 1 is 0.720 bits per heavy atom. The predicted octanol–water partition coefficient (Wildman–Crippen LogP) is 5.93. The Labute approximate surface area is 151 Å². The molecule has 4 rings (SSSR count). The van der Waals surface area contributed by atoms with Crippen molar-refractivity contribution in [2.75, 3.05) is 0 Å². The Balaban J connectivity index is 1.98. The molecule has 2 aliphatic rings. The number of rotatable bonds is 3. The summed E-state index contributed by atoms with van der Waals surface area (Å²) < 4.78 is 0. The Bertz CT molecular complexity index is 837. The highest BCUT2D eigenvalue weighted by Crippen LogP contribution is 2.59. The Morgan fingerprint density at radius 3 is 2.00 bits per heavy atom. The SMILES string of the molecule is CC1(C)CCC(C)(C)c2c1cccc2C1(c2ccccc2C=O)CC1. The summed E-state index contributed by atoms with van der Waals surface area (Å²) in [6, 6.07) is 15.1. The average molecular weight is 332 g/mol. The van der Waals surface area contributed by atoms with Crippen molar-refractivity contribution in [3.8, 4) is 0 Å². The number of fused-ring (bicyclic) bond motifs is 1. The van der Waals surface area contributed by atoms with E-state index in [4.69, 9.17) is 0 Å². The lowest BCUT2D eigenvalue weighted by Crippen LogP contribution is -2.36. The van der Waals surface area contributed by atoms with Crippen molar-refractivity contribution in [3.05, 3.63) is 70.3 Å². The number of carbonyl (C=O) groups excluding carboxylic acids is 1. The number of benzene rings is 2. The van der Waals surface area contributed by atoms with Gasteiger partial charge in [0.15, 0.2) is 0 Å². The molecule has 0 radical (unpaired) electrons. The first-order valence-corrected chi connectivity index (χ1v) is 9.51. The van der Waals surface area contributed by atoms with E-state index in [-0.39, 0.29) is 16.2 Å². The maximum Gasteiger partial charge on any atom is 0.150 e. The van der Waals surface area contributed by atoms with Gasteiger partial charge in [-0.2, -0.15) is 0 Å². The summed E-state index contributed by atoms with van der Waals surface area (Å²) in [5.74, 6) is 0. The fourth-order valence-electron chi connectivity index (χ4n) is 4.97. The van der Waals surface area contributed by atoms with Gasteiger partial charge in [-0.15, -0.1) is 0 Å². The highest BCUT2D eigenvalue weighted by Gasteiger charge is 2.51. The molecule has 25 heavy (non-hydrogen) atoms. The van der Waals surface area contributed by atoms with Crippen molar-refractivity contribution in [2.24, 2.45) is 0 Å². The zero-order valence-corrected chi connectivity index (χ0v) is 15.9. The van der Waals surface area contributed by atoms with E-state index in [1.54, 1.807) is 5.56 Å². The van der Waals surface area contributed by atoms with E-state index in [0.717, 1.165) is 24.7 Å². The monoisotopic (exact) mass is 332 g/mol. The molecule has 1 saturated carbocycles. The fourth-order valence-corrected chi connectivity index (χ4v) is 4.97. The standard InChI is InChI=1S/C24H28O/c1-22(2)12-13-23(3,4)21-19(22)10-7-11-20(21)24(14-15-24)18-9-6-5-8-17(18)16-25/h5-11,16H,12-15H2,1-4H3. The molecule has 2 aromatic carbocycles. The Morgan fingerprint density at radius 2 is 1.32 bits per heavy atom. The lowest BCUT2D eigenvalue weighted by atomic mass is 9.60. The van der Waals surface area contributed by atoms with E-state index in [9.17, 15) is 4.79 Å². The zero-order valence-electron chi connectivity index (χ0n) is 15.9. The van der Waals surface area contributed by atoms with Crippen molar-refractivity contribution in [1.82, 2.24) is 0 Å². The minimum atomic E-state index is 0.0353. The minimum absolute atomic E-state index is 0.0353. The first-order valence-electron chi connectivity index (χ1n) is 9.51. The van der Waals surface area contributed by atoms with Crippen LogP contribution >= 0.6 is 0 Å². The van der Waals surface area contributed by atoms with Crippen LogP contribution < -0.4 is 0 Å². The van der Waals surface area contributed by atoms with Crippen LogP contribution in [0.5, 0.6) is 0 Å². The van der Waals surface area contributed by atoms with Gasteiger partial charge in [0.05, 0.1) is 0 Å². The third kappa shape index (κ3) is 2.39. The second-order valence-electron chi connectivity index (χ2n) is 9.28. The normalized spacial score (nSPS) is 22.1. The third-order valence-corrected chi connectivity index (χ3v) is 6.71. The maximum absolute atomic E-state index is 11.7. The number of hydrogen-bond donors (Lipinski definition) is 0. The Hall–Kier alpha value is -1.89. The minimum Gasteiger partial charge on any atom is -0.298 e. The summed E-state index contributed by atoms with van der Waals surface area (Å²) in [6.45, 7) is 9.55. The summed E-state index contributed by atoms with van der Waals surface area (Å²) in [7, 11) is 0. The highest BCUT2D eigenvalue weighted by molar-refractivity contribution is 5.79. The van der Waals surface area contributed by atoms with Crippen LogP contribution in [0.15, 0.2) is 42.5 Å². The molecule has 0 aliphatic heterocycles. The topological polar surface area (TPSA) is 17.1 Å². The zero-order chi connectivity index (χ0) is 17.9. The quantitative estimate of drug-likeness (QED) is 0.637. The van der Waals surface area contributed by atoms with Crippen LogP contribution in [0.2, 0.25) is 0 Å². The first kappa shape index (κ1) is 16.6. The van der Waals surface area contributed by atoms with E-state index in [1.165, 1.54) is 29.5 Å².